The number of halogens is 1. The summed E-state index contributed by atoms with van der Waals surface area (Å²) in [7, 11) is 0. The minimum absolute atomic E-state index is 0.156. The highest BCUT2D eigenvalue weighted by atomic mass is 79.9. The molecule has 0 aliphatic carbocycles. The van der Waals surface area contributed by atoms with Crippen molar-refractivity contribution in [2.75, 3.05) is 11.9 Å². The third kappa shape index (κ3) is 4.14. The highest BCUT2D eigenvalue weighted by Crippen LogP contribution is 2.16. The van der Waals surface area contributed by atoms with Crippen LogP contribution in [-0.2, 0) is 11.3 Å². The Labute approximate surface area is 114 Å². The summed E-state index contributed by atoms with van der Waals surface area (Å²) in [5, 5.41) is 7.11. The fourth-order valence-electron chi connectivity index (χ4n) is 1.45. The van der Waals surface area contributed by atoms with Crippen molar-refractivity contribution in [2.45, 2.75) is 32.7 Å². The molecule has 100 valence electrons. The van der Waals surface area contributed by atoms with Gasteiger partial charge in [0.25, 0.3) is 5.56 Å². The van der Waals surface area contributed by atoms with Crippen LogP contribution in [-0.4, -0.2) is 22.2 Å². The van der Waals surface area contributed by atoms with Crippen molar-refractivity contribution in [1.29, 1.82) is 0 Å². The number of amides is 1. The van der Waals surface area contributed by atoms with E-state index in [0.29, 0.717) is 36.1 Å². The Hall–Kier alpha value is -1.37. The molecule has 1 rings (SSSR count). The molecule has 7 heteroatoms. The van der Waals surface area contributed by atoms with Crippen molar-refractivity contribution >= 4 is 27.5 Å². The molecular formula is C11H17BrN4O2. The highest BCUT2D eigenvalue weighted by molar-refractivity contribution is 9.10. The Morgan fingerprint density at radius 2 is 2.33 bits per heavy atom. The summed E-state index contributed by atoms with van der Waals surface area (Å²) < 4.78 is 1.88. The molecule has 0 aromatic carbocycles. The van der Waals surface area contributed by atoms with Crippen molar-refractivity contribution in [2.24, 2.45) is 5.73 Å². The van der Waals surface area contributed by atoms with Crippen LogP contribution in [0.1, 0.15) is 26.2 Å². The molecule has 1 amide bonds. The Kier molecular flexibility index (Phi) is 5.84. The Morgan fingerprint density at radius 1 is 1.61 bits per heavy atom. The van der Waals surface area contributed by atoms with Crippen molar-refractivity contribution in [3.63, 3.8) is 0 Å². The summed E-state index contributed by atoms with van der Waals surface area (Å²) in [6.45, 7) is 3.15. The molecule has 0 atom stereocenters. The van der Waals surface area contributed by atoms with Crippen LogP contribution >= 0.6 is 15.9 Å². The number of hydrogen-bond donors (Lipinski definition) is 2. The molecule has 1 aromatic heterocycles. The number of carbonyl (C=O) groups excluding carboxylic acids is 1. The van der Waals surface area contributed by atoms with Crippen LogP contribution in [0.4, 0.5) is 5.69 Å². The maximum atomic E-state index is 11.9. The second kappa shape index (κ2) is 7.15. The molecule has 0 aliphatic heterocycles. The van der Waals surface area contributed by atoms with E-state index >= 15 is 0 Å². The molecule has 3 N–H and O–H groups in total. The van der Waals surface area contributed by atoms with Gasteiger partial charge < -0.3 is 11.1 Å². The quantitative estimate of drug-likeness (QED) is 0.737. The zero-order valence-corrected chi connectivity index (χ0v) is 11.9. The molecule has 0 fully saturated rings. The Balaban J connectivity index is 2.65. The van der Waals surface area contributed by atoms with Crippen molar-refractivity contribution < 1.29 is 4.79 Å². The second-order valence-electron chi connectivity index (χ2n) is 3.90. The van der Waals surface area contributed by atoms with Gasteiger partial charge in [0.1, 0.15) is 4.47 Å². The summed E-state index contributed by atoms with van der Waals surface area (Å²) in [5.41, 5.74) is 5.52. The summed E-state index contributed by atoms with van der Waals surface area (Å²) >= 11 is 3.25. The third-order valence-electron chi connectivity index (χ3n) is 2.34. The molecule has 0 aliphatic rings. The van der Waals surface area contributed by atoms with Crippen molar-refractivity contribution in [3.05, 3.63) is 21.0 Å². The molecule has 1 aromatic rings. The molecule has 0 unspecified atom stereocenters. The number of aromatic nitrogens is 2. The number of primary amides is 1. The fourth-order valence-corrected chi connectivity index (χ4v) is 1.89. The molecular weight excluding hydrogens is 300 g/mol. The van der Waals surface area contributed by atoms with Crippen LogP contribution in [0.2, 0.25) is 0 Å². The molecule has 0 saturated heterocycles. The van der Waals surface area contributed by atoms with Crippen molar-refractivity contribution in [1.82, 2.24) is 9.78 Å². The van der Waals surface area contributed by atoms with Gasteiger partial charge in [-0.1, -0.05) is 6.92 Å². The van der Waals surface area contributed by atoms with E-state index in [9.17, 15) is 9.59 Å². The molecule has 6 nitrogen and oxygen atoms in total. The van der Waals surface area contributed by atoms with E-state index in [2.05, 4.69) is 26.3 Å². The summed E-state index contributed by atoms with van der Waals surface area (Å²) in [4.78, 5) is 22.4. The first-order valence-corrected chi connectivity index (χ1v) is 6.63. The number of nitrogens with two attached hydrogens (primary N) is 1. The Morgan fingerprint density at radius 3 is 2.94 bits per heavy atom. The van der Waals surface area contributed by atoms with E-state index in [1.807, 2.05) is 6.92 Å². The lowest BCUT2D eigenvalue weighted by molar-refractivity contribution is -0.118. The predicted molar refractivity (Wildman–Crippen MR) is 73.4 cm³/mol. The predicted octanol–water partition coefficient (Wildman–Crippen LogP) is 1.09. The maximum absolute atomic E-state index is 11.9. The monoisotopic (exact) mass is 316 g/mol. The third-order valence-corrected chi connectivity index (χ3v) is 3.10. The zero-order valence-electron chi connectivity index (χ0n) is 10.3. The van der Waals surface area contributed by atoms with E-state index in [1.54, 1.807) is 6.20 Å². The van der Waals surface area contributed by atoms with Gasteiger partial charge in [-0.05, 0) is 28.8 Å². The van der Waals surface area contributed by atoms with Crippen LogP contribution in [0, 0.1) is 0 Å². The van der Waals surface area contributed by atoms with Gasteiger partial charge >= 0.3 is 0 Å². The summed E-state index contributed by atoms with van der Waals surface area (Å²) in [6, 6.07) is 0. The standard InChI is InChI=1S/C11H17BrN4O2/c1-2-6-16-11(18)10(12)8(7-15-16)14-5-3-4-9(13)17/h7,14H,2-6H2,1H3,(H2,13,17). The minimum atomic E-state index is -0.327. The number of aryl methyl sites for hydroxylation is 1. The zero-order chi connectivity index (χ0) is 13.5. The molecule has 0 bridgehead atoms. The molecule has 0 radical (unpaired) electrons. The number of hydrogen-bond acceptors (Lipinski definition) is 4. The van der Waals surface area contributed by atoms with Gasteiger partial charge in [0.15, 0.2) is 0 Å². The van der Waals surface area contributed by atoms with Gasteiger partial charge in [0.05, 0.1) is 11.9 Å². The lowest BCUT2D eigenvalue weighted by Crippen LogP contribution is -2.24. The average Bonchev–Trinajstić information content (AvgIpc) is 2.33. The van der Waals surface area contributed by atoms with Crippen LogP contribution in [0.5, 0.6) is 0 Å². The normalized spacial score (nSPS) is 10.3. The number of anilines is 1. The number of nitrogens with zero attached hydrogens (tertiary/aromatic N) is 2. The summed E-state index contributed by atoms with van der Waals surface area (Å²) in [6.07, 6.45) is 3.40. The lowest BCUT2D eigenvalue weighted by Gasteiger charge is -2.09. The molecule has 1 heterocycles. The average molecular weight is 317 g/mol. The number of carbonyl (C=O) groups is 1. The lowest BCUT2D eigenvalue weighted by atomic mass is 10.3. The molecule has 0 saturated carbocycles. The minimum Gasteiger partial charge on any atom is -0.383 e. The SMILES string of the molecule is CCCn1ncc(NCCCC(N)=O)c(Br)c1=O. The van der Waals surface area contributed by atoms with Crippen LogP contribution in [0.15, 0.2) is 15.5 Å². The maximum Gasteiger partial charge on any atom is 0.283 e. The van der Waals surface area contributed by atoms with Gasteiger partial charge in [-0.2, -0.15) is 5.10 Å². The van der Waals surface area contributed by atoms with Gasteiger partial charge in [-0.25, -0.2) is 4.68 Å². The van der Waals surface area contributed by atoms with E-state index in [4.69, 9.17) is 5.73 Å². The molecule has 18 heavy (non-hydrogen) atoms. The smallest absolute Gasteiger partial charge is 0.283 e. The highest BCUT2D eigenvalue weighted by Gasteiger charge is 2.07. The number of nitrogens with one attached hydrogen (secondary N) is 1. The van der Waals surface area contributed by atoms with Crippen molar-refractivity contribution in [3.8, 4) is 0 Å². The first-order valence-electron chi connectivity index (χ1n) is 5.84. The van der Waals surface area contributed by atoms with Gasteiger partial charge in [0.2, 0.25) is 5.91 Å². The largest absolute Gasteiger partial charge is 0.383 e. The van der Waals surface area contributed by atoms with Gasteiger partial charge in [-0.3, -0.25) is 9.59 Å². The van der Waals surface area contributed by atoms with Gasteiger partial charge in [0, 0.05) is 19.5 Å². The first kappa shape index (κ1) is 14.7. The second-order valence-corrected chi connectivity index (χ2v) is 4.69. The topological polar surface area (TPSA) is 90.0 Å². The van der Waals surface area contributed by atoms with E-state index in [1.165, 1.54) is 4.68 Å². The van der Waals surface area contributed by atoms with Gasteiger partial charge in [-0.15, -0.1) is 0 Å². The van der Waals surface area contributed by atoms with Crippen LogP contribution < -0.4 is 16.6 Å². The van der Waals surface area contributed by atoms with E-state index in [0.717, 1.165) is 6.42 Å². The van der Waals surface area contributed by atoms with Crippen LogP contribution in [0.25, 0.3) is 0 Å². The number of rotatable bonds is 7. The fraction of sp³-hybridized carbons (Fsp3) is 0.545. The Bertz CT molecular complexity index is 473. The van der Waals surface area contributed by atoms with E-state index in [-0.39, 0.29) is 11.5 Å². The first-order chi connectivity index (χ1) is 8.56. The van der Waals surface area contributed by atoms with Crippen LogP contribution in [0.3, 0.4) is 0 Å². The van der Waals surface area contributed by atoms with E-state index < -0.39 is 0 Å². The summed E-state index contributed by atoms with van der Waals surface area (Å²) in [5.74, 6) is -0.327. The molecule has 0 spiro atoms.